The molecule has 6 heterocycles. The topological polar surface area (TPSA) is 128 Å². The molecule has 1 N–H and O–H groups in total. The molecule has 6 unspecified atom stereocenters. The van der Waals surface area contributed by atoms with Crippen molar-refractivity contribution in [2.45, 2.75) is 88.6 Å². The molecule has 298 valence electrons. The number of esters is 1. The fraction of sp³-hybridized carbons (Fsp3) is 0.730. The number of methoxy groups -OCH3 is 1. The standard InChI is InChI=1S/C19H23F3N4O2.C18H21F3N4O2/c1-9-14(20)8-26(9)18-23-16-10(3-4-19(16,21)22)17(24-18)25-6-12-11(13(12)7-25)5-15(27)28-2;1-8-13(19)7-25(8)17-22-15-9(2-3-18(15,20)21)16(23-17)24-5-11-10(4-14(26)27)12(11)6-24/h9,11-14H,3-8H2,1-2H3;8,10-13H,2-7H2,1H3,(H,26,27)/t9?,11?,12-,13+,14?;8?,10?,11-,12+,13?. The minimum atomic E-state index is -2.99. The van der Waals surface area contributed by atoms with E-state index in [1.807, 2.05) is 9.80 Å². The molecule has 18 heteroatoms. The lowest BCUT2D eigenvalue weighted by atomic mass is 10.0. The van der Waals surface area contributed by atoms with Gasteiger partial charge in [0, 0.05) is 63.0 Å². The molecule has 55 heavy (non-hydrogen) atoms. The molecule has 0 aromatic carbocycles. The molecule has 12 nitrogen and oxygen atoms in total. The molecule has 4 saturated heterocycles. The monoisotopic (exact) mass is 778 g/mol. The number of carbonyl (C=O) groups is 2. The van der Waals surface area contributed by atoms with E-state index in [9.17, 15) is 35.9 Å². The third-order valence-corrected chi connectivity index (χ3v) is 13.7. The maximum Gasteiger partial charge on any atom is 0.305 e. The number of alkyl halides is 6. The number of rotatable bonds is 8. The average Bonchev–Trinajstić information content (AvgIpc) is 3.58. The van der Waals surface area contributed by atoms with Crippen LogP contribution in [0.15, 0.2) is 0 Å². The quantitative estimate of drug-likeness (QED) is 0.299. The van der Waals surface area contributed by atoms with Gasteiger partial charge in [0.25, 0.3) is 11.8 Å². The van der Waals surface area contributed by atoms with Crippen LogP contribution in [0.1, 0.15) is 62.0 Å². The molecule has 2 aromatic heterocycles. The van der Waals surface area contributed by atoms with Crippen LogP contribution < -0.4 is 19.6 Å². The third kappa shape index (κ3) is 6.01. The second kappa shape index (κ2) is 12.7. The van der Waals surface area contributed by atoms with Gasteiger partial charge in [0.1, 0.15) is 35.4 Å². The molecule has 2 saturated carbocycles. The Morgan fingerprint density at radius 2 is 1.09 bits per heavy atom. The number of ether oxygens (including phenoxy) is 1. The van der Waals surface area contributed by atoms with Gasteiger partial charge in [0.2, 0.25) is 11.9 Å². The van der Waals surface area contributed by atoms with Crippen molar-refractivity contribution in [1.29, 1.82) is 0 Å². The van der Waals surface area contributed by atoms with Crippen LogP contribution in [0.5, 0.6) is 0 Å². The van der Waals surface area contributed by atoms with Crippen LogP contribution in [0.25, 0.3) is 0 Å². The molecule has 0 spiro atoms. The molecule has 10 atom stereocenters. The van der Waals surface area contributed by atoms with Crippen LogP contribution in [-0.4, -0.2) is 108 Å². The number of aliphatic carboxylic acids is 1. The highest BCUT2D eigenvalue weighted by molar-refractivity contribution is 5.70. The molecular formula is C37H44F6N8O4. The highest BCUT2D eigenvalue weighted by Crippen LogP contribution is 2.57. The van der Waals surface area contributed by atoms with Crippen LogP contribution in [-0.2, 0) is 39.0 Å². The maximum atomic E-state index is 14.4. The zero-order valence-corrected chi connectivity index (χ0v) is 30.8. The van der Waals surface area contributed by atoms with E-state index in [4.69, 9.17) is 9.84 Å². The van der Waals surface area contributed by atoms with E-state index in [0.29, 0.717) is 73.1 Å². The largest absolute Gasteiger partial charge is 0.481 e. The van der Waals surface area contributed by atoms with E-state index in [-0.39, 0.29) is 92.2 Å². The van der Waals surface area contributed by atoms with Gasteiger partial charge in [0.05, 0.1) is 32.3 Å². The summed E-state index contributed by atoms with van der Waals surface area (Å²) in [4.78, 5) is 47.2. The summed E-state index contributed by atoms with van der Waals surface area (Å²) in [5.41, 5.74) is 0.586. The van der Waals surface area contributed by atoms with Crippen molar-refractivity contribution in [3.8, 4) is 0 Å². The Bertz CT molecular complexity index is 1900. The minimum Gasteiger partial charge on any atom is -0.481 e. The average molecular weight is 779 g/mol. The van der Waals surface area contributed by atoms with E-state index in [1.54, 1.807) is 23.6 Å². The Hall–Kier alpha value is -4.12. The number of hydrogen-bond acceptors (Lipinski definition) is 11. The zero-order valence-electron chi connectivity index (χ0n) is 30.8. The molecule has 2 aromatic rings. The highest BCUT2D eigenvalue weighted by atomic mass is 19.3. The number of fused-ring (bicyclic) bond motifs is 4. The lowest BCUT2D eigenvalue weighted by molar-refractivity contribution is -0.141. The summed E-state index contributed by atoms with van der Waals surface area (Å²) in [7, 11) is 1.39. The Labute approximate surface area is 313 Å². The van der Waals surface area contributed by atoms with Gasteiger partial charge in [-0.1, -0.05) is 0 Å². The van der Waals surface area contributed by atoms with E-state index in [0.717, 1.165) is 0 Å². The first-order valence-corrected chi connectivity index (χ1v) is 19.2. The van der Waals surface area contributed by atoms with Crippen LogP contribution in [0.2, 0.25) is 0 Å². The van der Waals surface area contributed by atoms with Crippen molar-refractivity contribution >= 4 is 35.5 Å². The van der Waals surface area contributed by atoms with Gasteiger partial charge >= 0.3 is 11.9 Å². The SMILES string of the molecule is CC1C(F)CN1c1nc(N2C[C@@H]3C(CC(=O)O)[C@@H]3C2)c2c(n1)C(F)(F)CC2.COC(=O)CC1[C@H]2CN(c3nc(N4CC(F)C4C)nc4c3CCC4(F)F)C[C@@H]12. The number of carboxylic acid groups (broad SMARTS) is 1. The number of halogens is 6. The number of carbonyl (C=O) groups excluding carboxylic acids is 1. The number of carboxylic acids is 1. The number of anilines is 4. The Morgan fingerprint density at radius 1 is 0.691 bits per heavy atom. The summed E-state index contributed by atoms with van der Waals surface area (Å²) in [6.07, 6.45) is -1.48. The highest BCUT2D eigenvalue weighted by Gasteiger charge is 2.59. The van der Waals surface area contributed by atoms with Crippen molar-refractivity contribution in [3.05, 3.63) is 22.5 Å². The van der Waals surface area contributed by atoms with Gasteiger partial charge in [0.15, 0.2) is 0 Å². The second-order valence-corrected chi connectivity index (χ2v) is 16.7. The van der Waals surface area contributed by atoms with Gasteiger partial charge in [-0.15, -0.1) is 0 Å². The van der Waals surface area contributed by atoms with Gasteiger partial charge in [-0.2, -0.15) is 27.5 Å². The van der Waals surface area contributed by atoms with Crippen LogP contribution >= 0.6 is 0 Å². The fourth-order valence-electron chi connectivity index (χ4n) is 9.95. The van der Waals surface area contributed by atoms with E-state index >= 15 is 0 Å². The van der Waals surface area contributed by atoms with Crippen molar-refractivity contribution in [2.75, 3.05) is 66.0 Å². The minimum absolute atomic E-state index is 0.122. The lowest BCUT2D eigenvalue weighted by Crippen LogP contribution is -2.57. The third-order valence-electron chi connectivity index (χ3n) is 13.7. The van der Waals surface area contributed by atoms with Crippen molar-refractivity contribution in [3.63, 3.8) is 0 Å². The van der Waals surface area contributed by atoms with Gasteiger partial charge in [-0.05, 0) is 62.2 Å². The predicted molar refractivity (Wildman–Crippen MR) is 186 cm³/mol. The molecule has 6 fully saturated rings. The Morgan fingerprint density at radius 3 is 1.44 bits per heavy atom. The normalized spacial score (nSPS) is 35.1. The first-order chi connectivity index (χ1) is 26.1. The maximum absolute atomic E-state index is 14.4. The lowest BCUT2D eigenvalue weighted by Gasteiger charge is -2.42. The van der Waals surface area contributed by atoms with Crippen LogP contribution in [0.4, 0.5) is 49.9 Å². The van der Waals surface area contributed by atoms with Crippen molar-refractivity contribution in [2.24, 2.45) is 35.5 Å². The molecule has 0 amide bonds. The van der Waals surface area contributed by atoms with Crippen LogP contribution in [0.3, 0.4) is 0 Å². The molecule has 4 aliphatic heterocycles. The summed E-state index contributed by atoms with van der Waals surface area (Å²) >= 11 is 0. The number of nitrogens with zero attached hydrogens (tertiary/aromatic N) is 8. The second-order valence-electron chi connectivity index (χ2n) is 16.7. The summed E-state index contributed by atoms with van der Waals surface area (Å²) in [6, 6.07) is -0.824. The Kier molecular flexibility index (Phi) is 8.43. The number of aromatic nitrogens is 4. The first-order valence-electron chi connectivity index (χ1n) is 19.2. The van der Waals surface area contributed by atoms with E-state index in [2.05, 4.69) is 19.9 Å². The summed E-state index contributed by atoms with van der Waals surface area (Å²) in [6.45, 7) is 6.34. The summed E-state index contributed by atoms with van der Waals surface area (Å²) in [5.74, 6) is -3.69. The van der Waals surface area contributed by atoms with Crippen LogP contribution in [0, 0.1) is 35.5 Å². The van der Waals surface area contributed by atoms with Gasteiger partial charge < -0.3 is 29.4 Å². The van der Waals surface area contributed by atoms with Gasteiger partial charge in [-0.25, -0.2) is 18.7 Å². The molecule has 0 bridgehead atoms. The zero-order chi connectivity index (χ0) is 38.9. The molecule has 10 rings (SSSR count). The molecular weight excluding hydrogens is 734 g/mol. The summed E-state index contributed by atoms with van der Waals surface area (Å²) in [5, 5.41) is 8.97. The van der Waals surface area contributed by atoms with Crippen molar-refractivity contribution < 1.29 is 45.8 Å². The number of hydrogen-bond donors (Lipinski definition) is 1. The first kappa shape index (κ1) is 36.5. The molecule has 4 aliphatic carbocycles. The van der Waals surface area contributed by atoms with Crippen molar-refractivity contribution in [1.82, 2.24) is 19.9 Å². The van der Waals surface area contributed by atoms with Gasteiger partial charge in [-0.3, -0.25) is 9.59 Å². The Balaban J connectivity index is 0.000000144. The molecule has 8 aliphatic rings. The predicted octanol–water partition coefficient (Wildman–Crippen LogP) is 4.52. The van der Waals surface area contributed by atoms with E-state index in [1.165, 1.54) is 7.11 Å². The summed E-state index contributed by atoms with van der Waals surface area (Å²) < 4.78 is 89.5. The molecule has 0 radical (unpaired) electrons. The fourth-order valence-corrected chi connectivity index (χ4v) is 9.95. The smallest absolute Gasteiger partial charge is 0.305 e. The number of piperidine rings is 2. The van der Waals surface area contributed by atoms with E-state index < -0.39 is 42.2 Å².